The number of hydrogen-bond acceptors (Lipinski definition) is 13. The maximum atomic E-state index is 13.3. The van der Waals surface area contributed by atoms with Crippen LogP contribution in [0.5, 0.6) is 5.75 Å². The Morgan fingerprint density at radius 2 is 1.43 bits per heavy atom. The van der Waals surface area contributed by atoms with Crippen LogP contribution in [-0.2, 0) is 28.6 Å². The van der Waals surface area contributed by atoms with Gasteiger partial charge in [0.2, 0.25) is 4.38 Å². The van der Waals surface area contributed by atoms with Crippen molar-refractivity contribution in [1.82, 2.24) is 4.90 Å². The number of thioether (sulfide) groups is 2. The van der Waals surface area contributed by atoms with Crippen molar-refractivity contribution < 1.29 is 33.3 Å². The second-order valence-corrected chi connectivity index (χ2v) is 16.9. The van der Waals surface area contributed by atoms with Crippen LogP contribution in [0.25, 0.3) is 20.2 Å². The van der Waals surface area contributed by atoms with Crippen molar-refractivity contribution in [2.45, 2.75) is 51.0 Å². The van der Waals surface area contributed by atoms with Gasteiger partial charge in [0.25, 0.3) is 5.91 Å². The molecule has 0 bridgehead atoms. The van der Waals surface area contributed by atoms with Gasteiger partial charge in [0.15, 0.2) is 12.0 Å². The molecular weight excluding hydrogens is 687 g/mol. The molecule has 1 amide bonds. The minimum absolute atomic E-state index is 0.0232. The fraction of sp³-hybridized carbons (Fsp3) is 0.438. The van der Waals surface area contributed by atoms with E-state index in [4.69, 9.17) is 43.4 Å². The maximum absolute atomic E-state index is 13.3. The van der Waals surface area contributed by atoms with Crippen LogP contribution in [0.15, 0.2) is 47.3 Å². The molecule has 1 heterocycles. The Hall–Kier alpha value is -2.78. The Bertz CT molecular complexity index is 1670. The van der Waals surface area contributed by atoms with Gasteiger partial charge in [-0.2, -0.15) is 0 Å². The molecule has 46 heavy (non-hydrogen) atoms. The van der Waals surface area contributed by atoms with E-state index in [1.165, 1.54) is 28.0 Å². The minimum Gasteiger partial charge on any atom is -0.484 e. The molecule has 0 saturated heterocycles. The quantitative estimate of drug-likeness (QED) is 0.104. The summed E-state index contributed by atoms with van der Waals surface area (Å²) in [6.07, 6.45) is 0. The van der Waals surface area contributed by atoms with Gasteiger partial charge in [-0.25, -0.2) is 0 Å². The highest BCUT2D eigenvalue weighted by Crippen LogP contribution is 2.29. The maximum Gasteiger partial charge on any atom is 0.322 e. The molecule has 248 valence electrons. The van der Waals surface area contributed by atoms with Crippen LogP contribution in [0.1, 0.15) is 41.5 Å². The second kappa shape index (κ2) is 16.9. The number of carbonyl (C=O) groups excluding carboxylic acids is 3. The van der Waals surface area contributed by atoms with E-state index in [1.54, 1.807) is 65.8 Å². The van der Waals surface area contributed by atoms with Crippen LogP contribution in [0.2, 0.25) is 0 Å². The van der Waals surface area contributed by atoms with E-state index in [1.807, 2.05) is 18.2 Å². The molecular formula is C32H37NO8S5. The fourth-order valence-electron chi connectivity index (χ4n) is 4.11. The zero-order valence-corrected chi connectivity index (χ0v) is 30.6. The third-order valence-corrected chi connectivity index (χ3v) is 10.1. The van der Waals surface area contributed by atoms with Crippen LogP contribution < -0.4 is 10.2 Å². The molecule has 0 N–H and O–H groups in total. The monoisotopic (exact) mass is 723 g/mol. The second-order valence-electron chi connectivity index (χ2n) is 10.9. The molecule has 0 atom stereocenters. The summed E-state index contributed by atoms with van der Waals surface area (Å²) in [5.41, 5.74) is -0.112. The third-order valence-electron chi connectivity index (χ3n) is 6.43. The summed E-state index contributed by atoms with van der Waals surface area (Å²) in [5, 5.41) is 1.12. The number of esters is 2. The number of hydrogen-bond donors (Lipinski definition) is 0. The number of carbonyl (C=O) groups is 3. The molecule has 3 rings (SSSR count). The van der Waals surface area contributed by atoms with Crippen molar-refractivity contribution in [2.24, 2.45) is 0 Å². The predicted molar refractivity (Wildman–Crippen MR) is 195 cm³/mol. The van der Waals surface area contributed by atoms with Gasteiger partial charge in [0.05, 0.1) is 19.7 Å². The Labute approximate surface area is 291 Å². The average Bonchev–Trinajstić information content (AvgIpc) is 2.98. The minimum atomic E-state index is -1.01. The third kappa shape index (κ3) is 10.6. The van der Waals surface area contributed by atoms with Crippen LogP contribution in [0.4, 0.5) is 0 Å². The van der Waals surface area contributed by atoms with E-state index in [0.29, 0.717) is 27.3 Å². The standard InChI is InChI=1S/C32H37NO8S5/c1-7-38-30(43)46-32(5,6)29(37)40-17-15-33(14-16-39-28(36)31(3,4)45-20(2)42)26(34)19-41-21-12-13-25-23(18-21)27(35)22-10-8-9-11-24(22)44-25/h8-13,18H,7,14-17,19H2,1-6H3. The molecule has 9 nitrogen and oxygen atoms in total. The normalized spacial score (nSPS) is 11.6. The van der Waals surface area contributed by atoms with E-state index in [-0.39, 0.29) is 42.7 Å². The molecule has 3 aromatic rings. The topological polar surface area (TPSA) is 108 Å². The number of rotatable bonds is 14. The van der Waals surface area contributed by atoms with Gasteiger partial charge in [-0.3, -0.25) is 19.2 Å². The number of amides is 1. The molecule has 0 aliphatic carbocycles. The van der Waals surface area contributed by atoms with Crippen molar-refractivity contribution >= 4 is 106 Å². The van der Waals surface area contributed by atoms with E-state index in [9.17, 15) is 19.2 Å². The highest BCUT2D eigenvalue weighted by molar-refractivity contribution is 8.24. The summed E-state index contributed by atoms with van der Waals surface area (Å²) in [6, 6.07) is 12.5. The van der Waals surface area contributed by atoms with E-state index < -0.39 is 27.3 Å². The van der Waals surface area contributed by atoms with Crippen molar-refractivity contribution in [3.63, 3.8) is 0 Å². The summed E-state index contributed by atoms with van der Waals surface area (Å²) in [4.78, 5) is 53.3. The average molecular weight is 724 g/mol. The van der Waals surface area contributed by atoms with Crippen LogP contribution in [0, 0.1) is 0 Å². The molecule has 14 heteroatoms. The van der Waals surface area contributed by atoms with Gasteiger partial charge in [0.1, 0.15) is 28.5 Å². The SMILES string of the molecule is CCOC(=S)SC(C)(C)C(=O)OCCN(CCOC(=O)C(C)(C)SC(C)=S)C(=O)COc1ccc2sc3ccccc3c(=O)c2c1. The lowest BCUT2D eigenvalue weighted by Crippen LogP contribution is -2.42. The first kappa shape index (κ1) is 37.7. The molecule has 0 unspecified atom stereocenters. The van der Waals surface area contributed by atoms with Gasteiger partial charge < -0.3 is 23.8 Å². The van der Waals surface area contributed by atoms with Gasteiger partial charge in [0, 0.05) is 24.4 Å². The Morgan fingerprint density at radius 3 is 2.04 bits per heavy atom. The molecule has 0 aliphatic heterocycles. The van der Waals surface area contributed by atoms with Crippen LogP contribution in [0.3, 0.4) is 0 Å². The first-order valence-corrected chi connectivity index (χ1v) is 17.7. The summed E-state index contributed by atoms with van der Waals surface area (Å²) in [7, 11) is 0. The van der Waals surface area contributed by atoms with Crippen molar-refractivity contribution in [2.75, 3.05) is 39.5 Å². The van der Waals surface area contributed by atoms with Gasteiger partial charge in [-0.15, -0.1) is 23.1 Å². The molecule has 0 spiro atoms. The molecule has 0 aliphatic rings. The van der Waals surface area contributed by atoms with Gasteiger partial charge in [-0.05, 0) is 84.1 Å². The smallest absolute Gasteiger partial charge is 0.322 e. The Kier molecular flexibility index (Phi) is 13.8. The van der Waals surface area contributed by atoms with Crippen LogP contribution >= 0.6 is 59.3 Å². The molecule has 2 aromatic carbocycles. The lowest BCUT2D eigenvalue weighted by atomic mass is 10.2. The van der Waals surface area contributed by atoms with Crippen LogP contribution in [-0.4, -0.2) is 80.3 Å². The van der Waals surface area contributed by atoms with Crippen molar-refractivity contribution in [3.8, 4) is 5.75 Å². The first-order valence-electron chi connectivity index (χ1n) is 14.4. The number of benzene rings is 2. The highest BCUT2D eigenvalue weighted by Gasteiger charge is 2.33. The Balaban J connectivity index is 1.69. The number of nitrogens with zero attached hydrogens (tertiary/aromatic N) is 1. The molecule has 0 fully saturated rings. The molecule has 1 aromatic heterocycles. The summed E-state index contributed by atoms with van der Waals surface area (Å²) >= 11 is 14.1. The number of fused-ring (bicyclic) bond motifs is 2. The fourth-order valence-corrected chi connectivity index (χ4v) is 8.13. The van der Waals surface area contributed by atoms with E-state index in [2.05, 4.69) is 0 Å². The first-order chi connectivity index (χ1) is 21.6. The van der Waals surface area contributed by atoms with Gasteiger partial charge in [-0.1, -0.05) is 36.1 Å². The molecule has 0 radical (unpaired) electrons. The summed E-state index contributed by atoms with van der Waals surface area (Å²) < 4.78 is 22.7. The zero-order chi connectivity index (χ0) is 34.1. The van der Waals surface area contributed by atoms with Crippen molar-refractivity contribution in [1.29, 1.82) is 0 Å². The lowest BCUT2D eigenvalue weighted by molar-refractivity contribution is -0.149. The number of thiocarbonyl (C=S) groups is 2. The largest absolute Gasteiger partial charge is 0.484 e. The predicted octanol–water partition coefficient (Wildman–Crippen LogP) is 6.40. The van der Waals surface area contributed by atoms with Crippen molar-refractivity contribution in [3.05, 3.63) is 52.7 Å². The molecule has 0 saturated carbocycles. The zero-order valence-electron chi connectivity index (χ0n) is 26.5. The lowest BCUT2D eigenvalue weighted by Gasteiger charge is -2.26. The van der Waals surface area contributed by atoms with E-state index in [0.717, 1.165) is 21.2 Å². The highest BCUT2D eigenvalue weighted by atomic mass is 32.2. The van der Waals surface area contributed by atoms with Gasteiger partial charge >= 0.3 is 11.9 Å². The Morgan fingerprint density at radius 1 is 0.848 bits per heavy atom. The summed E-state index contributed by atoms with van der Waals surface area (Å²) in [6.45, 7) is 10.2. The summed E-state index contributed by atoms with van der Waals surface area (Å²) in [5.74, 6) is -1.07. The van der Waals surface area contributed by atoms with E-state index >= 15 is 0 Å². The number of ether oxygens (including phenoxy) is 4.